The van der Waals surface area contributed by atoms with E-state index in [0.29, 0.717) is 0 Å². The molecule has 0 aliphatic carbocycles. The summed E-state index contributed by atoms with van der Waals surface area (Å²) in [5.41, 5.74) is 12.0. The SMILES string of the molecule is c1ccc(-c2ccc(N(c3ccc(-c4cccc5c4sc4ccccc45)cc3)c3cc4oc5cc6ccccc6cc5c4cc3-c3ccccc3)cc2)cc1. The van der Waals surface area contributed by atoms with E-state index in [1.165, 1.54) is 53.2 Å². The number of nitrogens with zero attached hydrogens (tertiary/aromatic N) is 1. The van der Waals surface area contributed by atoms with Gasteiger partial charge in [-0.3, -0.25) is 0 Å². The Labute approximate surface area is 322 Å². The summed E-state index contributed by atoms with van der Waals surface area (Å²) < 4.78 is 9.34. The minimum atomic E-state index is 0.860. The van der Waals surface area contributed by atoms with E-state index < -0.39 is 0 Å². The summed E-state index contributed by atoms with van der Waals surface area (Å²) in [5.74, 6) is 0. The van der Waals surface area contributed by atoms with Crippen molar-refractivity contribution in [2.24, 2.45) is 0 Å². The maximum absolute atomic E-state index is 6.71. The second-order valence-electron chi connectivity index (χ2n) is 14.1. The second kappa shape index (κ2) is 12.9. The molecule has 11 aromatic rings. The van der Waals surface area contributed by atoms with Crippen LogP contribution in [0.2, 0.25) is 0 Å². The Morgan fingerprint density at radius 3 is 1.65 bits per heavy atom. The largest absolute Gasteiger partial charge is 0.456 e. The molecule has 0 aliphatic heterocycles. The summed E-state index contributed by atoms with van der Waals surface area (Å²) >= 11 is 1.87. The van der Waals surface area contributed by atoms with Crippen LogP contribution in [0, 0.1) is 0 Å². The number of hydrogen-bond acceptors (Lipinski definition) is 3. The smallest absolute Gasteiger partial charge is 0.137 e. The van der Waals surface area contributed by atoms with Gasteiger partial charge in [-0.15, -0.1) is 11.3 Å². The van der Waals surface area contributed by atoms with Crippen molar-refractivity contribution in [2.45, 2.75) is 0 Å². The van der Waals surface area contributed by atoms with Gasteiger partial charge < -0.3 is 9.32 Å². The van der Waals surface area contributed by atoms with Crippen LogP contribution in [0.4, 0.5) is 17.1 Å². The first-order valence-corrected chi connectivity index (χ1v) is 19.5. The molecule has 2 aromatic heterocycles. The molecule has 0 aliphatic rings. The van der Waals surface area contributed by atoms with Crippen LogP contribution in [0.15, 0.2) is 205 Å². The maximum Gasteiger partial charge on any atom is 0.137 e. The molecule has 0 spiro atoms. The van der Waals surface area contributed by atoms with Gasteiger partial charge in [0.05, 0.1) is 5.69 Å². The molecule has 2 heterocycles. The van der Waals surface area contributed by atoms with E-state index >= 15 is 0 Å². The Morgan fingerprint density at radius 1 is 0.364 bits per heavy atom. The zero-order valence-corrected chi connectivity index (χ0v) is 30.6. The van der Waals surface area contributed by atoms with E-state index in [2.05, 4.69) is 205 Å². The number of hydrogen-bond donors (Lipinski definition) is 0. The third-order valence-electron chi connectivity index (χ3n) is 10.9. The lowest BCUT2D eigenvalue weighted by Gasteiger charge is -2.28. The van der Waals surface area contributed by atoms with Gasteiger partial charge in [-0.25, -0.2) is 0 Å². The fourth-order valence-corrected chi connectivity index (χ4v) is 9.39. The standard InChI is InChI=1S/C52H33NOS/c1-3-12-34(13-4-1)35-22-26-40(27-23-35)53(41-28-24-37(25-29-41)42-19-11-20-44-43-18-9-10-21-51(43)55-52(42)44)48-33-50-47(32-45(48)36-14-5-2-6-15-36)46-30-38-16-7-8-17-39(38)31-49(46)54-50/h1-33H. The van der Waals surface area contributed by atoms with Crippen molar-refractivity contribution in [3.8, 4) is 33.4 Å². The van der Waals surface area contributed by atoms with Gasteiger partial charge in [0.25, 0.3) is 0 Å². The molecule has 0 unspecified atom stereocenters. The normalized spacial score (nSPS) is 11.6. The predicted octanol–water partition coefficient (Wildman–Crippen LogP) is 15.6. The average molecular weight is 720 g/mol. The van der Waals surface area contributed by atoms with E-state index in [-0.39, 0.29) is 0 Å². The minimum Gasteiger partial charge on any atom is -0.456 e. The number of fused-ring (bicyclic) bond motifs is 7. The first kappa shape index (κ1) is 31.6. The lowest BCUT2D eigenvalue weighted by atomic mass is 9.97. The minimum absolute atomic E-state index is 0.860. The lowest BCUT2D eigenvalue weighted by Crippen LogP contribution is -2.11. The summed E-state index contributed by atoms with van der Waals surface area (Å²) in [6.07, 6.45) is 0. The van der Waals surface area contributed by atoms with Gasteiger partial charge in [0.2, 0.25) is 0 Å². The molecular formula is C52H33NOS. The molecule has 3 heteroatoms. The van der Waals surface area contributed by atoms with Crippen molar-refractivity contribution in [1.29, 1.82) is 0 Å². The summed E-state index contributed by atoms with van der Waals surface area (Å²) in [4.78, 5) is 2.38. The van der Waals surface area contributed by atoms with Crippen LogP contribution in [0.1, 0.15) is 0 Å². The molecule has 11 rings (SSSR count). The van der Waals surface area contributed by atoms with Gasteiger partial charge in [-0.1, -0.05) is 146 Å². The van der Waals surface area contributed by atoms with Gasteiger partial charge in [-0.2, -0.15) is 0 Å². The Hall–Kier alpha value is -6.94. The Morgan fingerprint density at radius 2 is 0.909 bits per heavy atom. The van der Waals surface area contributed by atoms with Crippen LogP contribution in [0.5, 0.6) is 0 Å². The highest BCUT2D eigenvalue weighted by atomic mass is 32.1. The van der Waals surface area contributed by atoms with Crippen molar-refractivity contribution in [1.82, 2.24) is 0 Å². The third kappa shape index (κ3) is 5.40. The summed E-state index contributed by atoms with van der Waals surface area (Å²) in [6, 6.07) is 72.1. The van der Waals surface area contributed by atoms with Crippen LogP contribution in [0.3, 0.4) is 0 Å². The van der Waals surface area contributed by atoms with Crippen molar-refractivity contribution in [3.63, 3.8) is 0 Å². The molecule has 0 saturated carbocycles. The van der Waals surface area contributed by atoms with Gasteiger partial charge >= 0.3 is 0 Å². The Balaban J connectivity index is 1.12. The Bertz CT molecular complexity index is 3180. The molecule has 0 amide bonds. The molecule has 55 heavy (non-hydrogen) atoms. The molecule has 0 N–H and O–H groups in total. The summed E-state index contributed by atoms with van der Waals surface area (Å²) in [6.45, 7) is 0. The van der Waals surface area contributed by atoms with E-state index in [1.807, 2.05) is 11.3 Å². The van der Waals surface area contributed by atoms with Crippen LogP contribution in [-0.4, -0.2) is 0 Å². The van der Waals surface area contributed by atoms with Crippen LogP contribution < -0.4 is 4.90 Å². The van der Waals surface area contributed by atoms with E-state index in [1.54, 1.807) is 0 Å². The van der Waals surface area contributed by atoms with Gasteiger partial charge in [0, 0.05) is 53.9 Å². The number of thiophene rings is 1. The monoisotopic (exact) mass is 719 g/mol. The zero-order valence-electron chi connectivity index (χ0n) is 29.8. The molecule has 0 atom stereocenters. The number of benzene rings is 9. The van der Waals surface area contributed by atoms with Crippen molar-refractivity contribution >= 4 is 81.3 Å². The number of rotatable bonds is 6. The maximum atomic E-state index is 6.71. The van der Waals surface area contributed by atoms with E-state index in [0.717, 1.165) is 50.1 Å². The first-order valence-electron chi connectivity index (χ1n) is 18.7. The van der Waals surface area contributed by atoms with Crippen molar-refractivity contribution in [3.05, 3.63) is 200 Å². The number of furan rings is 1. The molecule has 9 aromatic carbocycles. The second-order valence-corrected chi connectivity index (χ2v) is 15.2. The first-order chi connectivity index (χ1) is 27.2. The molecule has 2 nitrogen and oxygen atoms in total. The van der Waals surface area contributed by atoms with Gasteiger partial charge in [0.15, 0.2) is 0 Å². The fourth-order valence-electron chi connectivity index (χ4n) is 8.16. The van der Waals surface area contributed by atoms with Crippen LogP contribution in [-0.2, 0) is 0 Å². The van der Waals surface area contributed by atoms with E-state index in [9.17, 15) is 0 Å². The van der Waals surface area contributed by atoms with Crippen molar-refractivity contribution < 1.29 is 4.42 Å². The molecule has 0 fully saturated rings. The molecule has 0 saturated heterocycles. The van der Waals surface area contributed by atoms with Gasteiger partial charge in [0.1, 0.15) is 11.2 Å². The number of anilines is 3. The predicted molar refractivity (Wildman–Crippen MR) is 235 cm³/mol. The highest BCUT2D eigenvalue weighted by Crippen LogP contribution is 2.46. The quantitative estimate of drug-likeness (QED) is 0.170. The molecular weight excluding hydrogens is 687 g/mol. The zero-order chi connectivity index (χ0) is 36.3. The summed E-state index contributed by atoms with van der Waals surface area (Å²) in [7, 11) is 0. The highest BCUT2D eigenvalue weighted by Gasteiger charge is 2.22. The lowest BCUT2D eigenvalue weighted by molar-refractivity contribution is 0.669. The van der Waals surface area contributed by atoms with Crippen molar-refractivity contribution in [2.75, 3.05) is 4.90 Å². The molecule has 258 valence electrons. The topological polar surface area (TPSA) is 16.4 Å². The highest BCUT2D eigenvalue weighted by molar-refractivity contribution is 7.26. The van der Waals surface area contributed by atoms with E-state index in [4.69, 9.17) is 4.42 Å². The van der Waals surface area contributed by atoms with Gasteiger partial charge in [-0.05, 0) is 87.1 Å². The third-order valence-corrected chi connectivity index (χ3v) is 12.1. The molecule has 0 radical (unpaired) electrons. The van der Waals surface area contributed by atoms with Crippen LogP contribution in [0.25, 0.3) is 86.3 Å². The molecule has 0 bridgehead atoms. The van der Waals surface area contributed by atoms with Crippen LogP contribution >= 0.6 is 11.3 Å². The fraction of sp³-hybridized carbons (Fsp3) is 0. The Kier molecular flexibility index (Phi) is 7.39. The summed E-state index contributed by atoms with van der Waals surface area (Å²) in [5, 5.41) is 7.22. The average Bonchev–Trinajstić information content (AvgIpc) is 3.81.